The minimum absolute atomic E-state index is 0. The van der Waals surface area contributed by atoms with Gasteiger partial charge in [0.1, 0.15) is 0 Å². The first-order chi connectivity index (χ1) is 10.1. The van der Waals surface area contributed by atoms with Gasteiger partial charge in [-0.2, -0.15) is 0 Å². The smallest absolute Gasteiger partial charge is 0.241 e. The highest BCUT2D eigenvalue weighted by molar-refractivity contribution is 7.89. The molecule has 1 aromatic rings. The highest BCUT2D eigenvalue weighted by atomic mass is 35.5. The number of rotatable bonds is 4. The van der Waals surface area contributed by atoms with Crippen LogP contribution in [0.2, 0.25) is 0 Å². The quantitative estimate of drug-likeness (QED) is 0.848. The highest BCUT2D eigenvalue weighted by Gasteiger charge is 2.31. The van der Waals surface area contributed by atoms with Gasteiger partial charge in [-0.15, -0.1) is 12.4 Å². The van der Waals surface area contributed by atoms with Crippen molar-refractivity contribution in [3.8, 4) is 0 Å². The third-order valence-electron chi connectivity index (χ3n) is 3.84. The Morgan fingerprint density at radius 3 is 2.57 bits per heavy atom. The molecular weight excluding hydrogens is 338 g/mol. The molecule has 130 valence electrons. The molecule has 0 aliphatic carbocycles. The molecular formula is C15H24ClN3O3S. The fourth-order valence-electron chi connectivity index (χ4n) is 2.72. The van der Waals surface area contributed by atoms with Crippen LogP contribution in [0.3, 0.4) is 0 Å². The summed E-state index contributed by atoms with van der Waals surface area (Å²) >= 11 is 0. The van der Waals surface area contributed by atoms with Crippen LogP contribution in [0, 0.1) is 0 Å². The van der Waals surface area contributed by atoms with Crippen LogP contribution >= 0.6 is 12.4 Å². The van der Waals surface area contributed by atoms with Crippen molar-refractivity contribution < 1.29 is 13.2 Å². The average molecular weight is 362 g/mol. The maximum absolute atomic E-state index is 12.5. The molecule has 6 nitrogen and oxygen atoms in total. The first-order valence-corrected chi connectivity index (χ1v) is 8.72. The molecule has 1 heterocycles. The van der Waals surface area contributed by atoms with Crippen LogP contribution < -0.4 is 15.4 Å². The van der Waals surface area contributed by atoms with E-state index in [4.69, 9.17) is 5.73 Å². The number of hydrogen-bond acceptors (Lipinski definition) is 4. The number of amides is 1. The molecule has 0 spiro atoms. The van der Waals surface area contributed by atoms with E-state index in [1.54, 1.807) is 30.9 Å². The molecule has 1 aliphatic heterocycles. The van der Waals surface area contributed by atoms with E-state index in [1.165, 1.54) is 13.0 Å². The zero-order valence-electron chi connectivity index (χ0n) is 13.8. The Bertz CT molecular complexity index is 704. The van der Waals surface area contributed by atoms with Crippen LogP contribution in [-0.4, -0.2) is 32.5 Å². The summed E-state index contributed by atoms with van der Waals surface area (Å²) in [5.74, 6) is -0.0377. The van der Waals surface area contributed by atoms with E-state index < -0.39 is 15.6 Å². The summed E-state index contributed by atoms with van der Waals surface area (Å²) in [5.41, 5.74) is 6.53. The Morgan fingerprint density at radius 2 is 2.04 bits per heavy atom. The molecule has 1 unspecified atom stereocenters. The van der Waals surface area contributed by atoms with Crippen molar-refractivity contribution in [3.05, 3.63) is 23.8 Å². The monoisotopic (exact) mass is 361 g/mol. The van der Waals surface area contributed by atoms with Gasteiger partial charge >= 0.3 is 0 Å². The van der Waals surface area contributed by atoms with Crippen molar-refractivity contribution in [2.45, 2.75) is 50.6 Å². The molecule has 3 N–H and O–H groups in total. The van der Waals surface area contributed by atoms with Gasteiger partial charge in [-0.1, -0.05) is 0 Å². The Hall–Kier alpha value is -1.15. The number of fused-ring (bicyclic) bond motifs is 1. The van der Waals surface area contributed by atoms with Crippen molar-refractivity contribution in [2.75, 3.05) is 11.4 Å². The van der Waals surface area contributed by atoms with E-state index >= 15 is 0 Å². The summed E-state index contributed by atoms with van der Waals surface area (Å²) in [6, 6.07) is 4.91. The topological polar surface area (TPSA) is 92.5 Å². The average Bonchev–Trinajstić information content (AvgIpc) is 2.72. The second-order valence-electron chi connectivity index (χ2n) is 6.43. The molecule has 8 heteroatoms. The molecule has 0 saturated carbocycles. The molecule has 0 bridgehead atoms. The number of nitrogens with zero attached hydrogens (tertiary/aromatic N) is 1. The Balaban J connectivity index is 0.00000264. The molecule has 1 amide bonds. The van der Waals surface area contributed by atoms with Gasteiger partial charge in [-0.3, -0.25) is 4.79 Å². The summed E-state index contributed by atoms with van der Waals surface area (Å²) in [6.45, 7) is 7.13. The van der Waals surface area contributed by atoms with E-state index in [0.717, 1.165) is 11.3 Å². The van der Waals surface area contributed by atoms with Gasteiger partial charge in [-0.25, -0.2) is 13.1 Å². The highest BCUT2D eigenvalue weighted by Crippen LogP contribution is 2.34. The lowest BCUT2D eigenvalue weighted by molar-refractivity contribution is -0.116. The second kappa shape index (κ2) is 6.76. The van der Waals surface area contributed by atoms with Gasteiger partial charge in [-0.05, 0) is 51.0 Å². The van der Waals surface area contributed by atoms with Gasteiger partial charge in [0.05, 0.1) is 4.90 Å². The van der Waals surface area contributed by atoms with Crippen LogP contribution in [0.15, 0.2) is 23.1 Å². The van der Waals surface area contributed by atoms with E-state index in [1.807, 2.05) is 6.92 Å². The number of nitrogens with two attached hydrogens (primary N) is 1. The van der Waals surface area contributed by atoms with Crippen LogP contribution in [0.25, 0.3) is 0 Å². The van der Waals surface area contributed by atoms with Crippen LogP contribution in [-0.2, 0) is 21.2 Å². The van der Waals surface area contributed by atoms with Gasteiger partial charge in [0.2, 0.25) is 15.9 Å². The maximum atomic E-state index is 12.5. The molecule has 0 fully saturated rings. The molecule has 0 radical (unpaired) electrons. The molecule has 23 heavy (non-hydrogen) atoms. The molecule has 1 aromatic carbocycles. The van der Waals surface area contributed by atoms with Crippen molar-refractivity contribution >= 4 is 34.0 Å². The van der Waals surface area contributed by atoms with Crippen LogP contribution in [0.1, 0.15) is 33.3 Å². The number of carbonyl (C=O) groups is 1. The Kier molecular flexibility index (Phi) is 5.85. The molecule has 1 aliphatic rings. The van der Waals surface area contributed by atoms with Crippen molar-refractivity contribution in [1.82, 2.24) is 4.72 Å². The molecule has 2 rings (SSSR count). The summed E-state index contributed by atoms with van der Waals surface area (Å²) in [4.78, 5) is 13.6. The number of halogens is 1. The molecule has 0 aromatic heterocycles. The van der Waals surface area contributed by atoms with Crippen molar-refractivity contribution in [3.63, 3.8) is 0 Å². The Labute approximate surface area is 143 Å². The lowest BCUT2D eigenvalue weighted by Crippen LogP contribution is -2.48. The third-order valence-corrected chi connectivity index (χ3v) is 5.53. The number of hydrogen-bond donors (Lipinski definition) is 2. The number of anilines is 1. The summed E-state index contributed by atoms with van der Waals surface area (Å²) in [6.07, 6.45) is 0.651. The van der Waals surface area contributed by atoms with Gasteiger partial charge in [0, 0.05) is 30.7 Å². The van der Waals surface area contributed by atoms with E-state index in [-0.39, 0.29) is 35.8 Å². The zero-order valence-corrected chi connectivity index (χ0v) is 15.4. The summed E-state index contributed by atoms with van der Waals surface area (Å²) < 4.78 is 27.5. The minimum Gasteiger partial charge on any atom is -0.329 e. The van der Waals surface area contributed by atoms with Gasteiger partial charge in [0.15, 0.2) is 0 Å². The van der Waals surface area contributed by atoms with Crippen molar-refractivity contribution in [1.29, 1.82) is 0 Å². The van der Waals surface area contributed by atoms with E-state index in [2.05, 4.69) is 4.72 Å². The summed E-state index contributed by atoms with van der Waals surface area (Å²) in [5, 5.41) is 0. The minimum atomic E-state index is -3.64. The van der Waals surface area contributed by atoms with Crippen LogP contribution in [0.4, 0.5) is 5.69 Å². The predicted molar refractivity (Wildman–Crippen MR) is 93.5 cm³/mol. The standard InChI is InChI=1S/C15H23N3O3S.ClH/c1-10-7-12-8-13(5-6-14(12)18(10)11(2)19)22(20,21)17-15(3,4)9-16;/h5-6,8,10,17H,7,9,16H2,1-4H3;1H. The van der Waals surface area contributed by atoms with E-state index in [9.17, 15) is 13.2 Å². The fourth-order valence-corrected chi connectivity index (χ4v) is 4.19. The first-order valence-electron chi connectivity index (χ1n) is 7.24. The van der Waals surface area contributed by atoms with E-state index in [0.29, 0.717) is 6.42 Å². The number of nitrogens with one attached hydrogen (secondary N) is 1. The lowest BCUT2D eigenvalue weighted by atomic mass is 10.1. The maximum Gasteiger partial charge on any atom is 0.241 e. The summed E-state index contributed by atoms with van der Waals surface area (Å²) in [7, 11) is -3.64. The fraction of sp³-hybridized carbons (Fsp3) is 0.533. The number of benzene rings is 1. The zero-order chi connectivity index (χ0) is 16.7. The molecule has 1 atom stereocenters. The van der Waals surface area contributed by atoms with Gasteiger partial charge < -0.3 is 10.6 Å². The first kappa shape index (κ1) is 19.9. The van der Waals surface area contributed by atoms with Crippen LogP contribution in [0.5, 0.6) is 0 Å². The predicted octanol–water partition coefficient (Wildman–Crippen LogP) is 1.42. The lowest BCUT2D eigenvalue weighted by Gasteiger charge is -2.24. The number of sulfonamides is 1. The number of carbonyl (C=O) groups excluding carboxylic acids is 1. The second-order valence-corrected chi connectivity index (χ2v) is 8.11. The van der Waals surface area contributed by atoms with Gasteiger partial charge in [0.25, 0.3) is 0 Å². The molecule has 0 saturated heterocycles. The van der Waals surface area contributed by atoms with Crippen molar-refractivity contribution in [2.24, 2.45) is 5.73 Å². The Morgan fingerprint density at radius 1 is 1.43 bits per heavy atom. The largest absolute Gasteiger partial charge is 0.329 e. The normalized spacial score (nSPS) is 17.6. The SMILES string of the molecule is CC(=O)N1c2ccc(S(=O)(=O)NC(C)(C)CN)cc2CC1C.Cl. The third kappa shape index (κ3) is 4.03.